The second kappa shape index (κ2) is 8.09. The summed E-state index contributed by atoms with van der Waals surface area (Å²) in [6.45, 7) is 9.67. The summed E-state index contributed by atoms with van der Waals surface area (Å²) in [7, 11) is 0. The van der Waals surface area contributed by atoms with Gasteiger partial charge in [-0.25, -0.2) is 4.79 Å². The predicted molar refractivity (Wildman–Crippen MR) is 108 cm³/mol. The van der Waals surface area contributed by atoms with Crippen LogP contribution in [0.5, 0.6) is 0 Å². The van der Waals surface area contributed by atoms with Crippen LogP contribution in [0.25, 0.3) is 0 Å². The fourth-order valence-electron chi connectivity index (χ4n) is 3.80. The van der Waals surface area contributed by atoms with Crippen molar-refractivity contribution in [1.29, 1.82) is 0 Å². The number of guanidine groups is 1. The Morgan fingerprint density at radius 3 is 2.48 bits per heavy atom. The van der Waals surface area contributed by atoms with Gasteiger partial charge in [0.2, 0.25) is 0 Å². The van der Waals surface area contributed by atoms with Crippen molar-refractivity contribution >= 4 is 41.9 Å². The van der Waals surface area contributed by atoms with Crippen molar-refractivity contribution in [2.24, 2.45) is 22.7 Å². The van der Waals surface area contributed by atoms with E-state index in [9.17, 15) is 9.59 Å². The van der Waals surface area contributed by atoms with Crippen LogP contribution in [-0.4, -0.2) is 54.5 Å². The van der Waals surface area contributed by atoms with Gasteiger partial charge in [0.25, 0.3) is 5.91 Å². The molecule has 2 aliphatic heterocycles. The van der Waals surface area contributed by atoms with Crippen LogP contribution in [0.2, 0.25) is 0 Å². The van der Waals surface area contributed by atoms with Gasteiger partial charge < -0.3 is 15.5 Å². The number of nitrogens with one attached hydrogen (secondary N) is 3. The first-order valence-corrected chi connectivity index (χ1v) is 9.11. The van der Waals surface area contributed by atoms with E-state index < -0.39 is 5.54 Å². The van der Waals surface area contributed by atoms with Gasteiger partial charge in [-0.1, -0.05) is 6.92 Å². The van der Waals surface area contributed by atoms with Crippen molar-refractivity contribution in [2.75, 3.05) is 26.2 Å². The number of nitrogens with zero attached hydrogens (tertiary/aromatic N) is 2. The molecule has 7 nitrogen and oxygen atoms in total. The van der Waals surface area contributed by atoms with Crippen molar-refractivity contribution < 1.29 is 9.59 Å². The highest BCUT2D eigenvalue weighted by molar-refractivity contribution is 14.0. The van der Waals surface area contributed by atoms with E-state index in [1.54, 1.807) is 0 Å². The lowest BCUT2D eigenvalue weighted by molar-refractivity contribution is -0.125. The van der Waals surface area contributed by atoms with Crippen LogP contribution in [-0.2, 0) is 4.79 Å². The standard InChI is InChI=1S/C17H29N5O2.HI/c1-4-18-15(19-10-12-9-11(12)2)22-7-5-13(6-8-22)17(3)14(23)20-16(24)21-17;/h11-13H,4-10H2,1-3H3,(H,18,19)(H2,20,21,23,24);1H. The number of urea groups is 1. The van der Waals surface area contributed by atoms with E-state index in [1.165, 1.54) is 6.42 Å². The van der Waals surface area contributed by atoms with E-state index in [0.29, 0.717) is 0 Å². The Kier molecular flexibility index (Phi) is 6.56. The Morgan fingerprint density at radius 2 is 2.00 bits per heavy atom. The average molecular weight is 463 g/mol. The third-order valence-electron chi connectivity index (χ3n) is 5.77. The molecular weight excluding hydrogens is 433 g/mol. The zero-order valence-corrected chi connectivity index (χ0v) is 17.6. The maximum Gasteiger partial charge on any atom is 0.322 e. The minimum atomic E-state index is -0.776. The van der Waals surface area contributed by atoms with Gasteiger partial charge in [0.1, 0.15) is 5.54 Å². The highest BCUT2D eigenvalue weighted by atomic mass is 127. The summed E-state index contributed by atoms with van der Waals surface area (Å²) < 4.78 is 0. The second-order valence-electron chi connectivity index (χ2n) is 7.54. The van der Waals surface area contributed by atoms with E-state index in [4.69, 9.17) is 4.99 Å². The summed E-state index contributed by atoms with van der Waals surface area (Å²) in [6.07, 6.45) is 3.03. The lowest BCUT2D eigenvalue weighted by Gasteiger charge is -2.39. The van der Waals surface area contributed by atoms with Gasteiger partial charge in [0.15, 0.2) is 5.96 Å². The predicted octanol–water partition coefficient (Wildman–Crippen LogP) is 1.54. The average Bonchev–Trinajstić information content (AvgIpc) is 3.19. The SMILES string of the molecule is CCNC(=NCC1CC1C)N1CCC(C2(C)NC(=O)NC2=O)CC1.I. The molecule has 0 aromatic rings. The molecule has 25 heavy (non-hydrogen) atoms. The molecule has 0 spiro atoms. The molecule has 0 radical (unpaired) electrons. The van der Waals surface area contributed by atoms with Crippen molar-refractivity contribution in [3.63, 3.8) is 0 Å². The summed E-state index contributed by atoms with van der Waals surface area (Å²) >= 11 is 0. The molecule has 3 atom stereocenters. The molecule has 0 aromatic heterocycles. The first-order chi connectivity index (χ1) is 11.4. The van der Waals surface area contributed by atoms with E-state index in [1.807, 2.05) is 6.92 Å². The first kappa shape index (κ1) is 20.3. The van der Waals surface area contributed by atoms with Gasteiger partial charge in [-0.15, -0.1) is 24.0 Å². The minimum Gasteiger partial charge on any atom is -0.357 e. The lowest BCUT2D eigenvalue weighted by Crippen LogP contribution is -2.55. The fourth-order valence-corrected chi connectivity index (χ4v) is 3.80. The second-order valence-corrected chi connectivity index (χ2v) is 7.54. The summed E-state index contributed by atoms with van der Waals surface area (Å²) in [4.78, 5) is 30.6. The summed E-state index contributed by atoms with van der Waals surface area (Å²) in [5.41, 5.74) is -0.776. The maximum atomic E-state index is 12.1. The molecule has 3 unspecified atom stereocenters. The Bertz CT molecular complexity index is 547. The van der Waals surface area contributed by atoms with Crippen LogP contribution in [0, 0.1) is 17.8 Å². The summed E-state index contributed by atoms with van der Waals surface area (Å²) in [6, 6.07) is -0.376. The minimum absolute atomic E-state index is 0. The third kappa shape index (κ3) is 4.38. The van der Waals surface area contributed by atoms with E-state index in [0.717, 1.165) is 56.8 Å². The monoisotopic (exact) mass is 463 g/mol. The number of carbonyl (C=O) groups excluding carboxylic acids is 2. The Hall–Kier alpha value is -1.06. The number of amides is 3. The fraction of sp³-hybridized carbons (Fsp3) is 0.824. The molecular formula is C17H30IN5O2. The number of hydrogen-bond acceptors (Lipinski definition) is 3. The highest BCUT2D eigenvalue weighted by Crippen LogP contribution is 2.37. The molecule has 0 aromatic carbocycles. The smallest absolute Gasteiger partial charge is 0.322 e. The molecule has 0 bridgehead atoms. The molecule has 2 saturated heterocycles. The van der Waals surface area contributed by atoms with Crippen molar-refractivity contribution in [1.82, 2.24) is 20.9 Å². The van der Waals surface area contributed by atoms with Crippen LogP contribution in [0.4, 0.5) is 4.79 Å². The van der Waals surface area contributed by atoms with Crippen molar-refractivity contribution in [3.8, 4) is 0 Å². The van der Waals surface area contributed by atoms with Gasteiger partial charge >= 0.3 is 6.03 Å². The van der Waals surface area contributed by atoms with Crippen molar-refractivity contribution in [3.05, 3.63) is 0 Å². The van der Waals surface area contributed by atoms with Gasteiger partial charge in [-0.2, -0.15) is 0 Å². The number of piperidine rings is 1. The van der Waals surface area contributed by atoms with E-state index in [2.05, 4.69) is 34.7 Å². The maximum absolute atomic E-state index is 12.1. The molecule has 8 heteroatoms. The molecule has 3 aliphatic rings. The molecule has 2 heterocycles. The van der Waals surface area contributed by atoms with Gasteiger partial charge in [0.05, 0.1) is 0 Å². The van der Waals surface area contributed by atoms with E-state index >= 15 is 0 Å². The molecule has 1 saturated carbocycles. The van der Waals surface area contributed by atoms with Crippen LogP contribution >= 0.6 is 24.0 Å². The lowest BCUT2D eigenvalue weighted by atomic mass is 9.79. The topological polar surface area (TPSA) is 85.8 Å². The van der Waals surface area contributed by atoms with Crippen LogP contribution in [0.1, 0.15) is 40.0 Å². The van der Waals surface area contributed by atoms with Crippen LogP contribution < -0.4 is 16.0 Å². The zero-order valence-electron chi connectivity index (χ0n) is 15.3. The summed E-state index contributed by atoms with van der Waals surface area (Å²) in [5, 5.41) is 8.56. The molecule has 1 aliphatic carbocycles. The van der Waals surface area contributed by atoms with Crippen LogP contribution in [0.15, 0.2) is 4.99 Å². The number of aliphatic imine (C=N–C) groups is 1. The molecule has 142 valence electrons. The first-order valence-electron chi connectivity index (χ1n) is 9.11. The van der Waals surface area contributed by atoms with Crippen LogP contribution in [0.3, 0.4) is 0 Å². The number of likely N-dealkylation sites (tertiary alicyclic amines) is 1. The number of carbonyl (C=O) groups is 2. The number of rotatable bonds is 4. The number of halogens is 1. The highest BCUT2D eigenvalue weighted by Gasteiger charge is 2.48. The Balaban J connectivity index is 0.00000225. The third-order valence-corrected chi connectivity index (χ3v) is 5.77. The van der Waals surface area contributed by atoms with Gasteiger partial charge in [-0.05, 0) is 50.9 Å². The number of imide groups is 1. The zero-order chi connectivity index (χ0) is 17.3. The largest absolute Gasteiger partial charge is 0.357 e. The molecule has 3 N–H and O–H groups in total. The molecule has 3 rings (SSSR count). The van der Waals surface area contributed by atoms with E-state index in [-0.39, 0.29) is 41.8 Å². The summed E-state index contributed by atoms with van der Waals surface area (Å²) in [5.74, 6) is 2.50. The number of hydrogen-bond donors (Lipinski definition) is 3. The molecule has 3 fully saturated rings. The van der Waals surface area contributed by atoms with Crippen molar-refractivity contribution in [2.45, 2.75) is 45.6 Å². The Morgan fingerprint density at radius 1 is 1.36 bits per heavy atom. The normalized spacial score (nSPS) is 32.8. The quantitative estimate of drug-likeness (QED) is 0.256. The van der Waals surface area contributed by atoms with Gasteiger partial charge in [0, 0.05) is 26.2 Å². The van der Waals surface area contributed by atoms with Gasteiger partial charge in [-0.3, -0.25) is 15.1 Å². The Labute approximate surface area is 166 Å². The molecule has 3 amide bonds.